The molecule has 0 aliphatic rings. The highest BCUT2D eigenvalue weighted by molar-refractivity contribution is 6.33. The molecule has 1 heterocycles. The molecule has 1 aromatic carbocycles. The molecular formula is C13H17ClN4. The lowest BCUT2D eigenvalue weighted by Crippen LogP contribution is -2.07. The van der Waals surface area contributed by atoms with Gasteiger partial charge in [-0.1, -0.05) is 23.7 Å². The molecule has 0 radical (unpaired) electrons. The monoisotopic (exact) mass is 264 g/mol. The normalized spacial score (nSPS) is 10.7. The second-order valence-electron chi connectivity index (χ2n) is 4.06. The van der Waals surface area contributed by atoms with Crippen LogP contribution in [0.4, 0.5) is 5.95 Å². The lowest BCUT2D eigenvalue weighted by molar-refractivity contribution is 0.770. The summed E-state index contributed by atoms with van der Waals surface area (Å²) in [4.78, 5) is 0. The number of rotatable bonds is 4. The van der Waals surface area contributed by atoms with Crippen LogP contribution in [0.2, 0.25) is 5.02 Å². The molecule has 96 valence electrons. The van der Waals surface area contributed by atoms with Gasteiger partial charge in [0.15, 0.2) is 5.82 Å². The van der Waals surface area contributed by atoms with Gasteiger partial charge < -0.3 is 5.32 Å². The van der Waals surface area contributed by atoms with E-state index in [-0.39, 0.29) is 0 Å². The maximum atomic E-state index is 6.34. The first-order valence-electron chi connectivity index (χ1n) is 6.11. The third kappa shape index (κ3) is 2.20. The van der Waals surface area contributed by atoms with Crippen molar-refractivity contribution in [3.63, 3.8) is 0 Å². The minimum Gasteiger partial charge on any atom is -0.355 e. The molecule has 0 bridgehead atoms. The summed E-state index contributed by atoms with van der Waals surface area (Å²) in [6, 6.07) is 5.95. The number of hydrogen-bond acceptors (Lipinski definition) is 3. The van der Waals surface area contributed by atoms with Gasteiger partial charge in [0.1, 0.15) is 0 Å². The van der Waals surface area contributed by atoms with Crippen LogP contribution in [-0.4, -0.2) is 21.3 Å². The van der Waals surface area contributed by atoms with E-state index in [1.165, 1.54) is 0 Å². The lowest BCUT2D eigenvalue weighted by atomic mass is 10.1. The lowest BCUT2D eigenvalue weighted by Gasteiger charge is -2.10. The molecule has 0 saturated heterocycles. The van der Waals surface area contributed by atoms with Crippen LogP contribution in [0.15, 0.2) is 18.2 Å². The van der Waals surface area contributed by atoms with Crippen molar-refractivity contribution in [2.24, 2.45) is 0 Å². The molecule has 4 nitrogen and oxygen atoms in total. The number of nitrogens with one attached hydrogen (secondary N) is 1. The van der Waals surface area contributed by atoms with Gasteiger partial charge in [-0.15, -0.1) is 10.2 Å². The first-order chi connectivity index (χ1) is 8.69. The number of aromatic nitrogens is 3. The summed E-state index contributed by atoms with van der Waals surface area (Å²) in [6.45, 7) is 7.71. The Morgan fingerprint density at radius 3 is 2.72 bits per heavy atom. The van der Waals surface area contributed by atoms with E-state index in [2.05, 4.69) is 22.4 Å². The smallest absolute Gasteiger partial charge is 0.224 e. The fourth-order valence-corrected chi connectivity index (χ4v) is 2.12. The second-order valence-corrected chi connectivity index (χ2v) is 4.44. The first-order valence-corrected chi connectivity index (χ1v) is 6.49. The van der Waals surface area contributed by atoms with Gasteiger partial charge >= 0.3 is 0 Å². The largest absolute Gasteiger partial charge is 0.355 e. The highest BCUT2D eigenvalue weighted by Gasteiger charge is 2.15. The number of halogens is 1. The molecule has 0 saturated carbocycles. The number of nitrogens with zero attached hydrogens (tertiary/aromatic N) is 3. The Hall–Kier alpha value is -1.55. The zero-order chi connectivity index (χ0) is 13.1. The molecule has 18 heavy (non-hydrogen) atoms. The van der Waals surface area contributed by atoms with Crippen LogP contribution in [0.25, 0.3) is 11.4 Å². The van der Waals surface area contributed by atoms with E-state index in [4.69, 9.17) is 11.6 Å². The summed E-state index contributed by atoms with van der Waals surface area (Å²) in [6.07, 6.45) is 0. The highest BCUT2D eigenvalue weighted by atomic mass is 35.5. The third-order valence-corrected chi connectivity index (χ3v) is 3.34. The fraction of sp³-hybridized carbons (Fsp3) is 0.385. The van der Waals surface area contributed by atoms with Crippen LogP contribution < -0.4 is 5.32 Å². The fourth-order valence-electron chi connectivity index (χ4n) is 1.91. The Bertz CT molecular complexity index is 548. The quantitative estimate of drug-likeness (QED) is 0.921. The van der Waals surface area contributed by atoms with Crippen LogP contribution in [0.1, 0.15) is 19.4 Å². The van der Waals surface area contributed by atoms with Crippen LogP contribution in [-0.2, 0) is 6.54 Å². The average molecular weight is 265 g/mol. The Morgan fingerprint density at radius 2 is 2.06 bits per heavy atom. The van der Waals surface area contributed by atoms with Crippen LogP contribution in [0.3, 0.4) is 0 Å². The van der Waals surface area contributed by atoms with Gasteiger partial charge in [0.2, 0.25) is 5.95 Å². The predicted octanol–water partition coefficient (Wildman–Crippen LogP) is 3.36. The van der Waals surface area contributed by atoms with Crippen molar-refractivity contribution in [3.05, 3.63) is 28.8 Å². The van der Waals surface area contributed by atoms with E-state index in [0.717, 1.165) is 41.0 Å². The molecule has 0 atom stereocenters. The van der Waals surface area contributed by atoms with Crippen LogP contribution in [0.5, 0.6) is 0 Å². The Kier molecular flexibility index (Phi) is 3.87. The summed E-state index contributed by atoms with van der Waals surface area (Å²) in [5.74, 6) is 1.59. The van der Waals surface area contributed by atoms with Gasteiger partial charge in [0.05, 0.1) is 5.02 Å². The Morgan fingerprint density at radius 1 is 1.28 bits per heavy atom. The van der Waals surface area contributed by atoms with Crippen molar-refractivity contribution < 1.29 is 0 Å². The summed E-state index contributed by atoms with van der Waals surface area (Å²) in [5, 5.41) is 12.3. The number of anilines is 1. The Balaban J connectivity index is 2.53. The zero-order valence-corrected chi connectivity index (χ0v) is 11.6. The standard InChI is InChI=1S/C13H17ClN4/c1-4-15-13-17-16-12(18(13)5-2)10-8-6-7-9(3)11(10)14/h6-8H,4-5H2,1-3H3,(H,15,17). The number of aryl methyl sites for hydroxylation is 1. The van der Waals surface area contributed by atoms with E-state index in [1.54, 1.807) is 0 Å². The minimum atomic E-state index is 0.739. The van der Waals surface area contributed by atoms with Gasteiger partial charge in [-0.2, -0.15) is 0 Å². The van der Waals surface area contributed by atoms with Crippen LogP contribution in [0, 0.1) is 6.92 Å². The third-order valence-electron chi connectivity index (χ3n) is 2.83. The predicted molar refractivity (Wildman–Crippen MR) is 75.0 cm³/mol. The molecule has 0 amide bonds. The molecule has 5 heteroatoms. The molecule has 2 aromatic rings. The van der Waals surface area contributed by atoms with Crippen molar-refractivity contribution in [2.75, 3.05) is 11.9 Å². The highest BCUT2D eigenvalue weighted by Crippen LogP contribution is 2.30. The summed E-state index contributed by atoms with van der Waals surface area (Å²) in [7, 11) is 0. The maximum Gasteiger partial charge on any atom is 0.224 e. The maximum absolute atomic E-state index is 6.34. The van der Waals surface area contributed by atoms with E-state index in [9.17, 15) is 0 Å². The van der Waals surface area contributed by atoms with Gasteiger partial charge in [0, 0.05) is 18.7 Å². The van der Waals surface area contributed by atoms with Gasteiger partial charge in [0.25, 0.3) is 0 Å². The average Bonchev–Trinajstić information content (AvgIpc) is 2.76. The molecule has 0 fully saturated rings. The van der Waals surface area contributed by atoms with Crippen molar-refractivity contribution in [1.82, 2.24) is 14.8 Å². The van der Waals surface area contributed by atoms with E-state index in [0.29, 0.717) is 0 Å². The number of benzene rings is 1. The molecule has 1 N–H and O–H groups in total. The molecule has 2 rings (SSSR count). The molecule has 1 aromatic heterocycles. The molecular weight excluding hydrogens is 248 g/mol. The molecule has 0 aliphatic carbocycles. The van der Waals surface area contributed by atoms with E-state index < -0.39 is 0 Å². The molecule has 0 spiro atoms. The Labute approximate surface area is 112 Å². The van der Waals surface area contributed by atoms with Gasteiger partial charge in [-0.25, -0.2) is 0 Å². The summed E-state index contributed by atoms with van der Waals surface area (Å²) < 4.78 is 2.03. The van der Waals surface area contributed by atoms with E-state index in [1.807, 2.05) is 36.6 Å². The topological polar surface area (TPSA) is 42.7 Å². The van der Waals surface area contributed by atoms with Crippen LogP contribution >= 0.6 is 11.6 Å². The molecule has 0 aliphatic heterocycles. The minimum absolute atomic E-state index is 0.739. The van der Waals surface area contributed by atoms with Gasteiger partial charge in [-0.05, 0) is 32.4 Å². The van der Waals surface area contributed by atoms with E-state index >= 15 is 0 Å². The zero-order valence-electron chi connectivity index (χ0n) is 10.9. The number of hydrogen-bond donors (Lipinski definition) is 1. The van der Waals surface area contributed by atoms with Gasteiger partial charge in [-0.3, -0.25) is 4.57 Å². The SMILES string of the molecule is CCNc1nnc(-c2cccc(C)c2Cl)n1CC. The van der Waals surface area contributed by atoms with Crippen molar-refractivity contribution >= 4 is 17.5 Å². The first kappa shape index (κ1) is 12.9. The summed E-state index contributed by atoms with van der Waals surface area (Å²) >= 11 is 6.34. The van der Waals surface area contributed by atoms with Crippen molar-refractivity contribution in [1.29, 1.82) is 0 Å². The van der Waals surface area contributed by atoms with Crippen molar-refractivity contribution in [3.8, 4) is 11.4 Å². The summed E-state index contributed by atoms with van der Waals surface area (Å²) in [5.41, 5.74) is 1.97. The molecule has 0 unspecified atom stereocenters. The van der Waals surface area contributed by atoms with Crippen molar-refractivity contribution in [2.45, 2.75) is 27.3 Å². The second kappa shape index (κ2) is 5.40.